The SMILES string of the molecule is COC(=O)[C@]1(O)C[C@H](N2CCC3(CC2)OCCO3)[C@@H](NC(C)=O)[C@H]([C@H](OC(C)=O)[C@@H](COC(C)=O)OC(C)=O)O1. The molecule has 15 heteroatoms. The van der Waals surface area contributed by atoms with E-state index in [0.717, 1.165) is 27.9 Å². The third-order valence-electron chi connectivity index (χ3n) is 7.06. The number of nitrogens with zero attached hydrogens (tertiary/aromatic N) is 1. The number of carbonyl (C=O) groups excluding carboxylic acids is 5. The Kier molecular flexibility index (Phi) is 10.5. The standard InChI is InChI=1S/C25H38N2O13/c1-14(28)26-20-18(27-8-6-24(7-9-27)36-10-11-37-24)12-25(33,23(32)34-5)40-22(20)21(39-17(4)31)19(38-16(3)30)13-35-15(2)29/h18-22,33H,6-13H2,1-5H3,(H,26,28)/t18-,19+,20+,21+,22+,25-/m0/s1. The van der Waals surface area contributed by atoms with Gasteiger partial charge in [-0.25, -0.2) is 4.79 Å². The summed E-state index contributed by atoms with van der Waals surface area (Å²) >= 11 is 0. The van der Waals surface area contributed by atoms with Gasteiger partial charge >= 0.3 is 23.9 Å². The highest BCUT2D eigenvalue weighted by atomic mass is 16.7. The minimum absolute atomic E-state index is 0.315. The number of piperidine rings is 1. The lowest BCUT2D eigenvalue weighted by Gasteiger charge is -2.52. The molecule has 3 heterocycles. The molecule has 1 amide bonds. The third-order valence-corrected chi connectivity index (χ3v) is 7.06. The molecule has 0 radical (unpaired) electrons. The summed E-state index contributed by atoms with van der Waals surface area (Å²) in [6.45, 7) is 5.81. The highest BCUT2D eigenvalue weighted by Gasteiger charge is 2.58. The second-order valence-corrected chi connectivity index (χ2v) is 10.0. The topological polar surface area (TPSA) is 185 Å². The Morgan fingerprint density at radius 2 is 1.57 bits per heavy atom. The van der Waals surface area contributed by atoms with Crippen molar-refractivity contribution in [2.24, 2.45) is 0 Å². The van der Waals surface area contributed by atoms with E-state index >= 15 is 0 Å². The Bertz CT molecular complexity index is 958. The normalized spacial score (nSPS) is 29.6. The van der Waals surface area contributed by atoms with Gasteiger partial charge in [0.1, 0.15) is 12.7 Å². The van der Waals surface area contributed by atoms with E-state index in [1.807, 2.05) is 4.90 Å². The summed E-state index contributed by atoms with van der Waals surface area (Å²) in [6.07, 6.45) is -3.77. The first-order valence-electron chi connectivity index (χ1n) is 13.0. The number of aliphatic hydroxyl groups is 1. The van der Waals surface area contributed by atoms with E-state index in [-0.39, 0.29) is 6.42 Å². The van der Waals surface area contributed by atoms with E-state index in [1.165, 1.54) is 6.92 Å². The lowest BCUT2D eigenvalue weighted by Crippen LogP contribution is -2.71. The van der Waals surface area contributed by atoms with Gasteiger partial charge in [-0.15, -0.1) is 0 Å². The van der Waals surface area contributed by atoms with Crippen LogP contribution in [0.25, 0.3) is 0 Å². The Morgan fingerprint density at radius 3 is 2.08 bits per heavy atom. The quantitative estimate of drug-likeness (QED) is 0.246. The number of hydrogen-bond donors (Lipinski definition) is 2. The molecule has 6 atom stereocenters. The van der Waals surface area contributed by atoms with Crippen LogP contribution in [-0.4, -0.2) is 122 Å². The molecule has 3 fully saturated rings. The number of methoxy groups -OCH3 is 1. The second-order valence-electron chi connectivity index (χ2n) is 10.0. The maximum Gasteiger partial charge on any atom is 0.366 e. The minimum atomic E-state index is -2.53. The molecule has 0 aromatic rings. The summed E-state index contributed by atoms with van der Waals surface area (Å²) in [6, 6.07) is -1.75. The van der Waals surface area contributed by atoms with Gasteiger partial charge in [-0.1, -0.05) is 0 Å². The van der Waals surface area contributed by atoms with Crippen LogP contribution in [0.15, 0.2) is 0 Å². The van der Waals surface area contributed by atoms with Crippen LogP contribution in [0, 0.1) is 0 Å². The maximum absolute atomic E-state index is 12.8. The van der Waals surface area contributed by atoms with Gasteiger partial charge < -0.3 is 43.6 Å². The van der Waals surface area contributed by atoms with E-state index in [4.69, 9.17) is 33.2 Å². The Morgan fingerprint density at radius 1 is 0.975 bits per heavy atom. The average molecular weight is 575 g/mol. The number of hydrogen-bond acceptors (Lipinski definition) is 14. The van der Waals surface area contributed by atoms with Crippen LogP contribution in [0.1, 0.15) is 47.0 Å². The first kappa shape index (κ1) is 31.7. The van der Waals surface area contributed by atoms with Crippen LogP contribution in [0.5, 0.6) is 0 Å². The molecular formula is C25H38N2O13. The van der Waals surface area contributed by atoms with Gasteiger partial charge in [-0.2, -0.15) is 0 Å². The molecule has 40 heavy (non-hydrogen) atoms. The van der Waals surface area contributed by atoms with Crippen LogP contribution in [-0.2, 0) is 57.1 Å². The van der Waals surface area contributed by atoms with Crippen molar-refractivity contribution in [2.45, 2.75) is 88.9 Å². The van der Waals surface area contributed by atoms with E-state index in [1.54, 1.807) is 0 Å². The van der Waals surface area contributed by atoms with Crippen molar-refractivity contribution in [1.29, 1.82) is 0 Å². The molecule has 226 valence electrons. The number of rotatable bonds is 9. The summed E-state index contributed by atoms with van der Waals surface area (Å²) in [5.74, 6) is -7.18. The van der Waals surface area contributed by atoms with Crippen molar-refractivity contribution >= 4 is 29.8 Å². The molecule has 3 aliphatic rings. The van der Waals surface area contributed by atoms with Crippen molar-refractivity contribution in [3.8, 4) is 0 Å². The minimum Gasteiger partial charge on any atom is -0.465 e. The predicted octanol–water partition coefficient (Wildman–Crippen LogP) is -1.22. The molecule has 15 nitrogen and oxygen atoms in total. The summed E-state index contributed by atoms with van der Waals surface area (Å²) < 4.78 is 38.2. The lowest BCUT2D eigenvalue weighted by molar-refractivity contribution is -0.295. The van der Waals surface area contributed by atoms with Gasteiger partial charge in [-0.3, -0.25) is 24.1 Å². The van der Waals surface area contributed by atoms with Crippen molar-refractivity contribution in [2.75, 3.05) is 40.0 Å². The van der Waals surface area contributed by atoms with E-state index in [0.29, 0.717) is 39.1 Å². The van der Waals surface area contributed by atoms with Gasteiger partial charge in [0.2, 0.25) is 5.91 Å². The maximum atomic E-state index is 12.8. The number of likely N-dealkylation sites (tertiary alicyclic amines) is 1. The number of ether oxygens (including phenoxy) is 7. The number of amides is 1. The molecule has 1 spiro atoms. The number of nitrogens with one attached hydrogen (secondary N) is 1. The molecule has 0 saturated carbocycles. The highest BCUT2D eigenvalue weighted by molar-refractivity contribution is 5.78. The van der Waals surface area contributed by atoms with Gasteiger partial charge in [0.25, 0.3) is 5.79 Å². The Hall–Kier alpha value is -2.85. The highest BCUT2D eigenvalue weighted by Crippen LogP contribution is 2.38. The van der Waals surface area contributed by atoms with Gasteiger partial charge in [-0.05, 0) is 0 Å². The van der Waals surface area contributed by atoms with E-state index < -0.39 is 78.4 Å². The van der Waals surface area contributed by atoms with Crippen LogP contribution in [0.4, 0.5) is 0 Å². The first-order chi connectivity index (χ1) is 18.8. The fourth-order valence-electron chi connectivity index (χ4n) is 5.44. The first-order valence-corrected chi connectivity index (χ1v) is 13.0. The zero-order chi connectivity index (χ0) is 29.7. The lowest BCUT2D eigenvalue weighted by atomic mass is 9.84. The van der Waals surface area contributed by atoms with E-state index in [9.17, 15) is 29.1 Å². The molecule has 0 unspecified atom stereocenters. The molecule has 0 aliphatic carbocycles. The molecule has 0 aromatic carbocycles. The Labute approximate surface area is 231 Å². The van der Waals surface area contributed by atoms with Crippen LogP contribution < -0.4 is 5.32 Å². The average Bonchev–Trinajstić information content (AvgIpc) is 3.33. The van der Waals surface area contributed by atoms with Crippen LogP contribution >= 0.6 is 0 Å². The number of carbonyl (C=O) groups is 5. The van der Waals surface area contributed by atoms with Crippen LogP contribution in [0.2, 0.25) is 0 Å². The van der Waals surface area contributed by atoms with Gasteiger partial charge in [0, 0.05) is 66.1 Å². The summed E-state index contributed by atoms with van der Waals surface area (Å²) in [7, 11) is 1.07. The third kappa shape index (κ3) is 7.66. The van der Waals surface area contributed by atoms with Crippen LogP contribution in [0.3, 0.4) is 0 Å². The number of esters is 4. The van der Waals surface area contributed by atoms with Gasteiger partial charge in [0.05, 0.1) is 26.4 Å². The smallest absolute Gasteiger partial charge is 0.366 e. The molecule has 0 bridgehead atoms. The van der Waals surface area contributed by atoms with Crippen molar-refractivity contribution < 1.29 is 62.2 Å². The summed E-state index contributed by atoms with van der Waals surface area (Å²) in [5.41, 5.74) is 0. The molecule has 3 saturated heterocycles. The molecule has 3 rings (SSSR count). The summed E-state index contributed by atoms with van der Waals surface area (Å²) in [5, 5.41) is 14.2. The molecule has 2 N–H and O–H groups in total. The largest absolute Gasteiger partial charge is 0.465 e. The summed E-state index contributed by atoms with van der Waals surface area (Å²) in [4.78, 5) is 62.9. The van der Waals surface area contributed by atoms with Gasteiger partial charge in [0.15, 0.2) is 18.0 Å². The zero-order valence-corrected chi connectivity index (χ0v) is 23.3. The zero-order valence-electron chi connectivity index (χ0n) is 23.3. The fraction of sp³-hybridized carbons (Fsp3) is 0.800. The van der Waals surface area contributed by atoms with E-state index in [2.05, 4.69) is 5.32 Å². The molecule has 0 aromatic heterocycles. The Balaban J connectivity index is 2.05. The van der Waals surface area contributed by atoms with Crippen molar-refractivity contribution in [1.82, 2.24) is 10.2 Å². The second kappa shape index (κ2) is 13.2. The molecular weight excluding hydrogens is 536 g/mol. The monoisotopic (exact) mass is 574 g/mol. The van der Waals surface area contributed by atoms with Crippen molar-refractivity contribution in [3.63, 3.8) is 0 Å². The predicted molar refractivity (Wildman–Crippen MR) is 131 cm³/mol. The molecule has 3 aliphatic heterocycles. The van der Waals surface area contributed by atoms with Crippen molar-refractivity contribution in [3.05, 3.63) is 0 Å². The fourth-order valence-corrected chi connectivity index (χ4v) is 5.44.